The number of carbonyl (C=O) groups is 1. The van der Waals surface area contributed by atoms with Crippen molar-refractivity contribution >= 4 is 16.8 Å². The van der Waals surface area contributed by atoms with E-state index in [4.69, 9.17) is 0 Å². The number of benzene rings is 2. The molecule has 4 rings (SSSR count). The minimum absolute atomic E-state index is 0.155. The summed E-state index contributed by atoms with van der Waals surface area (Å²) in [5.41, 5.74) is 3.61. The van der Waals surface area contributed by atoms with Crippen LogP contribution in [0.1, 0.15) is 42.7 Å². The van der Waals surface area contributed by atoms with Crippen molar-refractivity contribution in [3.63, 3.8) is 0 Å². The third-order valence-corrected chi connectivity index (χ3v) is 5.18. The molecule has 1 heterocycles. The number of hydrogen-bond donors (Lipinski definition) is 2. The molecule has 0 spiro atoms. The van der Waals surface area contributed by atoms with E-state index in [-0.39, 0.29) is 11.8 Å². The zero-order valence-corrected chi connectivity index (χ0v) is 14.4. The van der Waals surface area contributed by atoms with E-state index in [0.29, 0.717) is 13.0 Å². The van der Waals surface area contributed by atoms with Gasteiger partial charge in [-0.15, -0.1) is 0 Å². The third kappa shape index (κ3) is 3.76. The number of aromatic amines is 1. The smallest absolute Gasteiger partial charge is 0.220 e. The number of hydrogen-bond acceptors (Lipinski definition) is 1. The Kier molecular flexibility index (Phi) is 4.55. The third-order valence-electron chi connectivity index (χ3n) is 5.18. The fourth-order valence-electron chi connectivity index (χ4n) is 3.52. The van der Waals surface area contributed by atoms with Gasteiger partial charge in [-0.3, -0.25) is 4.79 Å². The maximum absolute atomic E-state index is 12.2. The highest BCUT2D eigenvalue weighted by molar-refractivity contribution is 5.84. The Bertz CT molecular complexity index is 849. The lowest BCUT2D eigenvalue weighted by atomic mass is 9.91. The highest BCUT2D eigenvalue weighted by Gasteiger charge is 2.23. The number of carbonyl (C=O) groups excluding carboxylic acids is 1. The second kappa shape index (κ2) is 7.14. The van der Waals surface area contributed by atoms with Crippen LogP contribution in [0.15, 0.2) is 60.8 Å². The van der Waals surface area contributed by atoms with Crippen molar-refractivity contribution < 1.29 is 4.79 Å². The zero-order chi connectivity index (χ0) is 17.1. The van der Waals surface area contributed by atoms with Crippen LogP contribution in [-0.2, 0) is 4.79 Å². The number of aromatic nitrogens is 1. The molecule has 1 aliphatic rings. The average Bonchev–Trinajstić information content (AvgIpc) is 3.40. The number of rotatable bonds is 7. The largest absolute Gasteiger partial charge is 0.361 e. The van der Waals surface area contributed by atoms with E-state index >= 15 is 0 Å². The molecule has 1 atom stereocenters. The summed E-state index contributed by atoms with van der Waals surface area (Å²) in [6.07, 6.45) is 6.37. The van der Waals surface area contributed by atoms with Crippen LogP contribution in [0, 0.1) is 5.92 Å². The van der Waals surface area contributed by atoms with Crippen LogP contribution in [0.25, 0.3) is 10.9 Å². The molecule has 3 nitrogen and oxygen atoms in total. The van der Waals surface area contributed by atoms with Crippen LogP contribution < -0.4 is 5.32 Å². The van der Waals surface area contributed by atoms with E-state index in [1.54, 1.807) is 0 Å². The SMILES string of the molecule is O=C(CCC1CC1)NCC(c1ccccc1)c1c[nH]c2ccccc12. The highest BCUT2D eigenvalue weighted by Crippen LogP contribution is 2.33. The van der Waals surface area contributed by atoms with Crippen molar-refractivity contribution in [2.75, 3.05) is 6.54 Å². The Labute approximate surface area is 148 Å². The van der Waals surface area contributed by atoms with Crippen molar-refractivity contribution in [1.82, 2.24) is 10.3 Å². The first-order valence-corrected chi connectivity index (χ1v) is 9.19. The molecule has 2 aromatic carbocycles. The molecule has 1 fully saturated rings. The molecule has 25 heavy (non-hydrogen) atoms. The van der Waals surface area contributed by atoms with Crippen molar-refractivity contribution in [3.05, 3.63) is 71.9 Å². The molecule has 1 saturated carbocycles. The van der Waals surface area contributed by atoms with Crippen molar-refractivity contribution in [1.29, 1.82) is 0 Å². The lowest BCUT2D eigenvalue weighted by Crippen LogP contribution is -2.28. The molecule has 1 unspecified atom stereocenters. The van der Waals surface area contributed by atoms with Gasteiger partial charge in [0, 0.05) is 36.0 Å². The molecule has 0 bridgehead atoms. The van der Waals surface area contributed by atoms with E-state index in [9.17, 15) is 4.79 Å². The maximum atomic E-state index is 12.2. The maximum Gasteiger partial charge on any atom is 0.220 e. The van der Waals surface area contributed by atoms with Crippen LogP contribution in [0.5, 0.6) is 0 Å². The monoisotopic (exact) mass is 332 g/mol. The molecule has 0 radical (unpaired) electrons. The predicted octanol–water partition coefficient (Wildman–Crippen LogP) is 4.61. The predicted molar refractivity (Wildman–Crippen MR) is 102 cm³/mol. The summed E-state index contributed by atoms with van der Waals surface area (Å²) in [6, 6.07) is 18.8. The number of fused-ring (bicyclic) bond motifs is 1. The molecule has 128 valence electrons. The standard InChI is InChI=1S/C22H24N2O/c25-22(13-12-16-10-11-16)24-14-19(17-6-2-1-3-7-17)20-15-23-21-9-5-4-8-18(20)21/h1-9,15-16,19,23H,10-14H2,(H,24,25). The van der Waals surface area contributed by atoms with Crippen molar-refractivity contribution in [2.45, 2.75) is 31.6 Å². The Hall–Kier alpha value is -2.55. The normalized spacial score (nSPS) is 15.2. The van der Waals surface area contributed by atoms with Gasteiger partial charge in [0.05, 0.1) is 0 Å². The van der Waals surface area contributed by atoms with Gasteiger partial charge in [-0.05, 0) is 29.5 Å². The zero-order valence-electron chi connectivity index (χ0n) is 14.4. The molecule has 3 aromatic rings. The average molecular weight is 332 g/mol. The number of para-hydroxylation sites is 1. The molecular formula is C22H24N2O. The number of amides is 1. The summed E-state index contributed by atoms with van der Waals surface area (Å²) in [6.45, 7) is 0.634. The first kappa shape index (κ1) is 15.9. The minimum atomic E-state index is 0.155. The fourth-order valence-corrected chi connectivity index (χ4v) is 3.52. The van der Waals surface area contributed by atoms with Crippen LogP contribution in [0.2, 0.25) is 0 Å². The number of H-pyrrole nitrogens is 1. The summed E-state index contributed by atoms with van der Waals surface area (Å²) in [5.74, 6) is 1.12. The Morgan fingerprint density at radius 3 is 2.64 bits per heavy atom. The molecule has 3 heteroatoms. The Balaban J connectivity index is 1.55. The van der Waals surface area contributed by atoms with Crippen molar-refractivity contribution in [2.24, 2.45) is 5.92 Å². The molecule has 1 amide bonds. The molecular weight excluding hydrogens is 308 g/mol. The summed E-state index contributed by atoms with van der Waals surface area (Å²) >= 11 is 0. The Morgan fingerprint density at radius 1 is 1.08 bits per heavy atom. The summed E-state index contributed by atoms with van der Waals surface area (Å²) in [7, 11) is 0. The van der Waals surface area contributed by atoms with Gasteiger partial charge in [0.25, 0.3) is 0 Å². The topological polar surface area (TPSA) is 44.9 Å². The van der Waals surface area contributed by atoms with Gasteiger partial charge < -0.3 is 10.3 Å². The summed E-state index contributed by atoms with van der Waals surface area (Å²) in [4.78, 5) is 15.6. The van der Waals surface area contributed by atoms with Gasteiger partial charge >= 0.3 is 0 Å². The molecule has 0 saturated heterocycles. The van der Waals surface area contributed by atoms with E-state index in [1.165, 1.54) is 29.4 Å². The van der Waals surface area contributed by atoms with Crippen LogP contribution >= 0.6 is 0 Å². The van der Waals surface area contributed by atoms with E-state index < -0.39 is 0 Å². The van der Waals surface area contributed by atoms with E-state index in [2.05, 4.69) is 59.0 Å². The first-order chi connectivity index (χ1) is 12.3. The first-order valence-electron chi connectivity index (χ1n) is 9.19. The van der Waals surface area contributed by atoms with Gasteiger partial charge in [0.15, 0.2) is 0 Å². The van der Waals surface area contributed by atoms with Gasteiger partial charge in [0.2, 0.25) is 5.91 Å². The van der Waals surface area contributed by atoms with Gasteiger partial charge in [-0.25, -0.2) is 0 Å². The van der Waals surface area contributed by atoms with Crippen molar-refractivity contribution in [3.8, 4) is 0 Å². The van der Waals surface area contributed by atoms with E-state index in [1.807, 2.05) is 12.1 Å². The van der Waals surface area contributed by atoms with Gasteiger partial charge in [-0.2, -0.15) is 0 Å². The minimum Gasteiger partial charge on any atom is -0.361 e. The highest BCUT2D eigenvalue weighted by atomic mass is 16.1. The van der Waals surface area contributed by atoms with Crippen LogP contribution in [0.3, 0.4) is 0 Å². The lowest BCUT2D eigenvalue weighted by molar-refractivity contribution is -0.121. The quantitative estimate of drug-likeness (QED) is 0.652. The van der Waals surface area contributed by atoms with Gasteiger partial charge in [0.1, 0.15) is 0 Å². The summed E-state index contributed by atoms with van der Waals surface area (Å²) in [5, 5.41) is 4.39. The second-order valence-corrected chi connectivity index (χ2v) is 7.04. The molecule has 1 aromatic heterocycles. The van der Waals surface area contributed by atoms with Crippen LogP contribution in [-0.4, -0.2) is 17.4 Å². The molecule has 2 N–H and O–H groups in total. The van der Waals surface area contributed by atoms with Gasteiger partial charge in [-0.1, -0.05) is 61.4 Å². The Morgan fingerprint density at radius 2 is 1.84 bits per heavy atom. The fraction of sp³-hybridized carbons (Fsp3) is 0.318. The van der Waals surface area contributed by atoms with Crippen LogP contribution in [0.4, 0.5) is 0 Å². The molecule has 0 aliphatic heterocycles. The summed E-state index contributed by atoms with van der Waals surface area (Å²) < 4.78 is 0. The lowest BCUT2D eigenvalue weighted by Gasteiger charge is -2.18. The number of nitrogens with one attached hydrogen (secondary N) is 2. The molecule has 1 aliphatic carbocycles. The van der Waals surface area contributed by atoms with E-state index in [0.717, 1.165) is 17.9 Å². The second-order valence-electron chi connectivity index (χ2n) is 7.04.